The van der Waals surface area contributed by atoms with Crippen LogP contribution in [0.1, 0.15) is 45.2 Å². The van der Waals surface area contributed by atoms with Gasteiger partial charge in [0.25, 0.3) is 0 Å². The predicted octanol–water partition coefficient (Wildman–Crippen LogP) is 3.89. The van der Waals surface area contributed by atoms with E-state index in [1.54, 1.807) is 19.9 Å². The third-order valence-electron chi connectivity index (χ3n) is 5.72. The van der Waals surface area contributed by atoms with Crippen LogP contribution in [0.4, 0.5) is 5.69 Å². The van der Waals surface area contributed by atoms with Gasteiger partial charge in [-0.05, 0) is 56.6 Å². The van der Waals surface area contributed by atoms with Crippen molar-refractivity contribution < 1.29 is 17.9 Å². The number of hydrogen-bond donors (Lipinski definition) is 1. The van der Waals surface area contributed by atoms with Crippen LogP contribution in [0, 0.1) is 0 Å². The number of nitrogens with zero attached hydrogens (tertiary/aromatic N) is 2. The van der Waals surface area contributed by atoms with Gasteiger partial charge in [0.2, 0.25) is 15.9 Å². The summed E-state index contributed by atoms with van der Waals surface area (Å²) >= 11 is 0. The van der Waals surface area contributed by atoms with Gasteiger partial charge in [0, 0.05) is 13.1 Å². The topological polar surface area (TPSA) is 79.0 Å². The second-order valence-corrected chi connectivity index (χ2v) is 9.66. The number of amides is 1. The molecule has 0 saturated carbocycles. The minimum atomic E-state index is -3.66. The van der Waals surface area contributed by atoms with Gasteiger partial charge in [-0.1, -0.05) is 44.2 Å². The normalized spacial score (nSPS) is 15.6. The van der Waals surface area contributed by atoms with Crippen molar-refractivity contribution in [3.05, 3.63) is 54.1 Å². The van der Waals surface area contributed by atoms with Crippen LogP contribution < -0.4 is 10.1 Å². The van der Waals surface area contributed by atoms with E-state index in [-0.39, 0.29) is 10.8 Å². The number of carbonyl (C=O) groups is 1. The third-order valence-corrected chi connectivity index (χ3v) is 7.77. The number of sulfonamides is 1. The summed E-state index contributed by atoms with van der Waals surface area (Å²) in [5.41, 5.74) is 1.28. The van der Waals surface area contributed by atoms with Crippen molar-refractivity contribution >= 4 is 21.6 Å². The molecule has 1 aliphatic rings. The van der Waals surface area contributed by atoms with Crippen molar-refractivity contribution in [3.8, 4) is 5.75 Å². The quantitative estimate of drug-likeness (QED) is 0.583. The maximum atomic E-state index is 13.5. The molecule has 1 unspecified atom stereocenters. The largest absolute Gasteiger partial charge is 0.492 e. The van der Waals surface area contributed by atoms with Crippen LogP contribution in [0.3, 0.4) is 0 Å². The van der Waals surface area contributed by atoms with Crippen LogP contribution in [-0.4, -0.2) is 56.3 Å². The Bertz CT molecular complexity index is 1000. The first kappa shape index (κ1) is 24.2. The van der Waals surface area contributed by atoms with E-state index in [1.165, 1.54) is 16.4 Å². The Balaban J connectivity index is 1.97. The van der Waals surface area contributed by atoms with Gasteiger partial charge in [-0.15, -0.1) is 0 Å². The van der Waals surface area contributed by atoms with Crippen molar-refractivity contribution in [2.45, 2.75) is 44.6 Å². The standard InChI is InChI=1S/C24H33N3O4S/c1-4-27(5-2)32(29,30)20-14-15-22(31-6-3)21(18-20)25-24(28)23(26-16-10-11-17-26)19-12-8-7-9-13-19/h7-9,12-15,18,23H,4-6,10-11,16-17H2,1-3H3,(H,25,28). The fourth-order valence-corrected chi connectivity index (χ4v) is 5.61. The van der Waals surface area contributed by atoms with E-state index in [2.05, 4.69) is 10.2 Å². The number of carbonyl (C=O) groups excluding carboxylic acids is 1. The zero-order valence-electron chi connectivity index (χ0n) is 19.1. The lowest BCUT2D eigenvalue weighted by molar-refractivity contribution is -0.121. The van der Waals surface area contributed by atoms with Crippen molar-refractivity contribution in [2.24, 2.45) is 0 Å². The zero-order chi connectivity index (χ0) is 23.1. The summed E-state index contributed by atoms with van der Waals surface area (Å²) in [6.45, 7) is 8.31. The van der Waals surface area contributed by atoms with Gasteiger partial charge in [0.15, 0.2) is 0 Å². The van der Waals surface area contributed by atoms with Crippen LogP contribution in [0.5, 0.6) is 5.75 Å². The van der Waals surface area contributed by atoms with Gasteiger partial charge < -0.3 is 10.1 Å². The predicted molar refractivity (Wildman–Crippen MR) is 126 cm³/mol. The van der Waals surface area contributed by atoms with Gasteiger partial charge in [0.1, 0.15) is 11.8 Å². The first-order chi connectivity index (χ1) is 15.4. The lowest BCUT2D eigenvalue weighted by Gasteiger charge is -2.27. The van der Waals surface area contributed by atoms with Gasteiger partial charge in [-0.2, -0.15) is 4.31 Å². The highest BCUT2D eigenvalue weighted by Crippen LogP contribution is 2.32. The van der Waals surface area contributed by atoms with Gasteiger partial charge in [-0.3, -0.25) is 9.69 Å². The number of rotatable bonds is 10. The summed E-state index contributed by atoms with van der Waals surface area (Å²) in [4.78, 5) is 15.8. The lowest BCUT2D eigenvalue weighted by Crippen LogP contribution is -2.35. The van der Waals surface area contributed by atoms with E-state index < -0.39 is 16.1 Å². The smallest absolute Gasteiger partial charge is 0.246 e. The Hall–Kier alpha value is -2.42. The molecule has 1 amide bonds. The molecule has 1 N–H and O–H groups in total. The molecule has 32 heavy (non-hydrogen) atoms. The Morgan fingerprint density at radius 2 is 1.72 bits per heavy atom. The highest BCUT2D eigenvalue weighted by Gasteiger charge is 2.31. The highest BCUT2D eigenvalue weighted by molar-refractivity contribution is 7.89. The number of benzene rings is 2. The fourth-order valence-electron chi connectivity index (χ4n) is 4.13. The molecular formula is C24H33N3O4S. The Kier molecular flexibility index (Phi) is 8.28. The first-order valence-electron chi connectivity index (χ1n) is 11.3. The second-order valence-electron chi connectivity index (χ2n) is 7.73. The minimum absolute atomic E-state index is 0.136. The molecule has 3 rings (SSSR count). The molecule has 1 saturated heterocycles. The zero-order valence-corrected chi connectivity index (χ0v) is 19.9. The summed E-state index contributed by atoms with van der Waals surface area (Å²) < 4.78 is 33.1. The fraction of sp³-hybridized carbons (Fsp3) is 0.458. The lowest BCUT2D eigenvalue weighted by atomic mass is 10.0. The summed E-state index contributed by atoms with van der Waals surface area (Å²) in [6, 6.07) is 13.9. The van der Waals surface area contributed by atoms with Crippen LogP contribution in [-0.2, 0) is 14.8 Å². The van der Waals surface area contributed by atoms with E-state index in [4.69, 9.17) is 4.74 Å². The van der Waals surface area contributed by atoms with E-state index in [9.17, 15) is 13.2 Å². The summed E-state index contributed by atoms with van der Waals surface area (Å²) in [7, 11) is -3.66. The van der Waals surface area contributed by atoms with E-state index >= 15 is 0 Å². The Morgan fingerprint density at radius 3 is 2.31 bits per heavy atom. The van der Waals surface area contributed by atoms with Crippen molar-refractivity contribution in [1.82, 2.24) is 9.21 Å². The average molecular weight is 460 g/mol. The first-order valence-corrected chi connectivity index (χ1v) is 12.7. The Morgan fingerprint density at radius 1 is 1.06 bits per heavy atom. The molecule has 1 aliphatic heterocycles. The molecule has 0 bridgehead atoms. The number of anilines is 1. The molecule has 174 valence electrons. The highest BCUT2D eigenvalue weighted by atomic mass is 32.2. The van der Waals surface area contributed by atoms with Crippen molar-refractivity contribution in [1.29, 1.82) is 0 Å². The molecule has 1 heterocycles. The molecule has 0 spiro atoms. The number of hydrogen-bond acceptors (Lipinski definition) is 5. The van der Waals surface area contributed by atoms with Crippen LogP contribution in [0.25, 0.3) is 0 Å². The summed E-state index contributed by atoms with van der Waals surface area (Å²) in [5.74, 6) is 0.254. The number of nitrogens with one attached hydrogen (secondary N) is 1. The molecule has 1 fully saturated rings. The molecule has 1 atom stereocenters. The Labute approximate surface area is 191 Å². The summed E-state index contributed by atoms with van der Waals surface area (Å²) in [5, 5.41) is 2.97. The number of likely N-dealkylation sites (tertiary alicyclic amines) is 1. The molecule has 2 aromatic rings. The SMILES string of the molecule is CCOc1ccc(S(=O)(=O)N(CC)CC)cc1NC(=O)C(c1ccccc1)N1CCCC1. The van der Waals surface area contributed by atoms with E-state index in [0.717, 1.165) is 31.5 Å². The molecule has 0 aliphatic carbocycles. The molecule has 2 aromatic carbocycles. The van der Waals surface area contributed by atoms with Crippen LogP contribution >= 0.6 is 0 Å². The van der Waals surface area contributed by atoms with Crippen molar-refractivity contribution in [2.75, 3.05) is 38.1 Å². The molecule has 0 aromatic heterocycles. The third kappa shape index (κ3) is 5.31. The molecule has 7 nitrogen and oxygen atoms in total. The maximum absolute atomic E-state index is 13.5. The molecular weight excluding hydrogens is 426 g/mol. The molecule has 0 radical (unpaired) electrons. The molecule has 8 heteroatoms. The monoisotopic (exact) mass is 459 g/mol. The van der Waals surface area contributed by atoms with E-state index in [0.29, 0.717) is 31.1 Å². The van der Waals surface area contributed by atoms with Crippen LogP contribution in [0.2, 0.25) is 0 Å². The van der Waals surface area contributed by atoms with Gasteiger partial charge in [0.05, 0.1) is 17.2 Å². The number of ether oxygens (including phenoxy) is 1. The van der Waals surface area contributed by atoms with E-state index in [1.807, 2.05) is 37.3 Å². The van der Waals surface area contributed by atoms with Crippen molar-refractivity contribution in [3.63, 3.8) is 0 Å². The second kappa shape index (κ2) is 10.9. The van der Waals surface area contributed by atoms with Crippen LogP contribution in [0.15, 0.2) is 53.4 Å². The minimum Gasteiger partial charge on any atom is -0.492 e. The van der Waals surface area contributed by atoms with Gasteiger partial charge >= 0.3 is 0 Å². The maximum Gasteiger partial charge on any atom is 0.246 e. The van der Waals surface area contributed by atoms with Gasteiger partial charge in [-0.25, -0.2) is 8.42 Å². The average Bonchev–Trinajstić information content (AvgIpc) is 3.31. The summed E-state index contributed by atoms with van der Waals surface area (Å²) in [6.07, 6.45) is 2.11.